The van der Waals surface area contributed by atoms with E-state index in [-0.39, 0.29) is 11.4 Å². The Morgan fingerprint density at radius 2 is 1.81 bits per heavy atom. The van der Waals surface area contributed by atoms with Crippen molar-refractivity contribution in [2.24, 2.45) is 0 Å². The van der Waals surface area contributed by atoms with Crippen molar-refractivity contribution in [3.63, 3.8) is 0 Å². The van der Waals surface area contributed by atoms with Gasteiger partial charge in [0.15, 0.2) is 5.75 Å². The predicted molar refractivity (Wildman–Crippen MR) is 108 cm³/mol. The molecule has 144 valence electrons. The van der Waals surface area contributed by atoms with Gasteiger partial charge in [0.2, 0.25) is 0 Å². The number of aryl methyl sites for hydroxylation is 1. The molecule has 6 nitrogen and oxygen atoms in total. The molecule has 4 rings (SSSR count). The smallest absolute Gasteiger partial charge is 0.264 e. The lowest BCUT2D eigenvalue weighted by Gasteiger charge is -2.36. The summed E-state index contributed by atoms with van der Waals surface area (Å²) in [5.41, 5.74) is 2.33. The fraction of sp³-hybridized carbons (Fsp3) is 0.368. The molecular weight excluding hydrogens is 386 g/mol. The van der Waals surface area contributed by atoms with Crippen LogP contribution in [0.3, 0.4) is 0 Å². The lowest BCUT2D eigenvalue weighted by Crippen LogP contribution is -2.44. The van der Waals surface area contributed by atoms with E-state index in [2.05, 4.69) is 10.2 Å². The molecule has 27 heavy (non-hydrogen) atoms. The summed E-state index contributed by atoms with van der Waals surface area (Å²) in [6.45, 7) is 5.93. The molecule has 2 aliphatic heterocycles. The summed E-state index contributed by atoms with van der Waals surface area (Å²) in [5.74, 6) is 0.632. The first kappa shape index (κ1) is 18.4. The van der Waals surface area contributed by atoms with Gasteiger partial charge in [-0.2, -0.15) is 0 Å². The lowest BCUT2D eigenvalue weighted by atomic mass is 10.2. The van der Waals surface area contributed by atoms with Gasteiger partial charge in [0.05, 0.1) is 22.8 Å². The second kappa shape index (κ2) is 7.22. The fourth-order valence-corrected chi connectivity index (χ4v) is 5.53. The second-order valence-electron chi connectivity index (χ2n) is 6.75. The highest BCUT2D eigenvalue weighted by molar-refractivity contribution is 7.92. The van der Waals surface area contributed by atoms with Crippen LogP contribution in [0, 0.1) is 6.92 Å². The molecule has 0 atom stereocenters. The Balaban J connectivity index is 1.77. The Hall–Kier alpha value is -1.96. The third-order valence-corrected chi connectivity index (χ3v) is 6.85. The zero-order valence-electron chi connectivity index (χ0n) is 15.1. The maximum atomic E-state index is 13.3. The lowest BCUT2D eigenvalue weighted by molar-refractivity contribution is 0.315. The van der Waals surface area contributed by atoms with Gasteiger partial charge in [0, 0.05) is 31.2 Å². The number of nitrogens with one attached hydrogen (secondary N) is 1. The number of rotatable bonds is 3. The monoisotopic (exact) mass is 407 g/mol. The molecule has 1 saturated heterocycles. The Labute approximate surface area is 164 Å². The van der Waals surface area contributed by atoms with Crippen LogP contribution in [0.5, 0.6) is 5.75 Å². The number of hydrogen-bond donors (Lipinski definition) is 1. The van der Waals surface area contributed by atoms with Crippen LogP contribution >= 0.6 is 11.6 Å². The van der Waals surface area contributed by atoms with Gasteiger partial charge >= 0.3 is 0 Å². The van der Waals surface area contributed by atoms with Crippen LogP contribution in [0.4, 0.5) is 11.4 Å². The molecule has 2 heterocycles. The summed E-state index contributed by atoms with van der Waals surface area (Å²) in [7, 11) is -3.73. The summed E-state index contributed by atoms with van der Waals surface area (Å²) in [5, 5.41) is 3.74. The molecule has 0 radical (unpaired) electrons. The van der Waals surface area contributed by atoms with Crippen LogP contribution in [-0.2, 0) is 10.0 Å². The standard InChI is InChI=1S/C19H22ClN3O3S/c1-14-11-15(20)13-16(12-14)27(24,25)23-9-10-26-19-17(3-2-4-18(19)23)22-7-5-21-6-8-22/h2-4,11-13,21H,5-10H2,1H3. The number of benzene rings is 2. The maximum Gasteiger partial charge on any atom is 0.264 e. The normalized spacial score (nSPS) is 17.4. The third-order valence-electron chi connectivity index (χ3n) is 4.84. The number of sulfonamides is 1. The van der Waals surface area contributed by atoms with E-state index >= 15 is 0 Å². The van der Waals surface area contributed by atoms with E-state index in [1.54, 1.807) is 18.2 Å². The van der Waals surface area contributed by atoms with Crippen LogP contribution in [0.25, 0.3) is 0 Å². The molecule has 0 aliphatic carbocycles. The minimum Gasteiger partial charge on any atom is -0.487 e. The highest BCUT2D eigenvalue weighted by atomic mass is 35.5. The molecule has 8 heteroatoms. The molecule has 1 N–H and O–H groups in total. The third kappa shape index (κ3) is 3.47. The summed E-state index contributed by atoms with van der Waals surface area (Å²) >= 11 is 6.10. The van der Waals surface area contributed by atoms with Crippen LogP contribution in [0.1, 0.15) is 5.56 Å². The van der Waals surface area contributed by atoms with Crippen molar-refractivity contribution in [1.82, 2.24) is 5.32 Å². The van der Waals surface area contributed by atoms with E-state index in [0.717, 1.165) is 37.4 Å². The molecule has 0 bridgehead atoms. The quantitative estimate of drug-likeness (QED) is 0.847. The molecule has 0 unspecified atom stereocenters. The maximum absolute atomic E-state index is 13.3. The number of piperazine rings is 1. The molecule has 1 fully saturated rings. The van der Waals surface area contributed by atoms with E-state index < -0.39 is 10.0 Å². The van der Waals surface area contributed by atoms with E-state index in [0.29, 0.717) is 23.1 Å². The Morgan fingerprint density at radius 1 is 1.07 bits per heavy atom. The van der Waals surface area contributed by atoms with Crippen molar-refractivity contribution in [2.45, 2.75) is 11.8 Å². The van der Waals surface area contributed by atoms with E-state index in [4.69, 9.17) is 16.3 Å². The van der Waals surface area contributed by atoms with Crippen molar-refractivity contribution in [3.05, 3.63) is 47.0 Å². The molecular formula is C19H22ClN3O3S. The molecule has 2 aliphatic rings. The fourth-order valence-electron chi connectivity index (χ4n) is 3.59. The van der Waals surface area contributed by atoms with Gasteiger partial charge < -0.3 is 15.0 Å². The number of halogens is 1. The number of nitrogens with zero attached hydrogens (tertiary/aromatic N) is 2. The molecule has 0 saturated carbocycles. The molecule has 0 amide bonds. The molecule has 2 aromatic rings. The topological polar surface area (TPSA) is 61.9 Å². The summed E-state index contributed by atoms with van der Waals surface area (Å²) in [6.07, 6.45) is 0. The number of anilines is 2. The number of para-hydroxylation sites is 1. The zero-order valence-corrected chi connectivity index (χ0v) is 16.7. The van der Waals surface area contributed by atoms with Crippen LogP contribution in [0.15, 0.2) is 41.3 Å². The van der Waals surface area contributed by atoms with Gasteiger partial charge in [-0.1, -0.05) is 17.7 Å². The summed E-state index contributed by atoms with van der Waals surface area (Å²) in [4.78, 5) is 2.43. The number of hydrogen-bond acceptors (Lipinski definition) is 5. The average molecular weight is 408 g/mol. The van der Waals surface area contributed by atoms with Gasteiger partial charge in [-0.15, -0.1) is 0 Å². The van der Waals surface area contributed by atoms with Crippen LogP contribution in [0.2, 0.25) is 5.02 Å². The van der Waals surface area contributed by atoms with Gasteiger partial charge in [-0.3, -0.25) is 4.31 Å². The van der Waals surface area contributed by atoms with Gasteiger partial charge in [-0.05, 0) is 42.8 Å². The predicted octanol–water partition coefficient (Wildman–Crippen LogP) is 2.65. The Bertz CT molecular complexity index is 938. The first-order valence-electron chi connectivity index (χ1n) is 8.98. The van der Waals surface area contributed by atoms with Crippen molar-refractivity contribution < 1.29 is 13.2 Å². The number of fused-ring (bicyclic) bond motifs is 1. The summed E-state index contributed by atoms with van der Waals surface area (Å²) < 4.78 is 34.0. The van der Waals surface area contributed by atoms with Crippen molar-refractivity contribution in [2.75, 3.05) is 48.5 Å². The SMILES string of the molecule is Cc1cc(Cl)cc(S(=O)(=O)N2CCOc3c(N4CCNCC4)cccc32)c1. The molecule has 0 aromatic heterocycles. The minimum atomic E-state index is -3.73. The van der Waals surface area contributed by atoms with E-state index in [9.17, 15) is 8.42 Å². The minimum absolute atomic E-state index is 0.202. The highest BCUT2D eigenvalue weighted by Crippen LogP contribution is 2.42. The van der Waals surface area contributed by atoms with E-state index in [1.807, 2.05) is 19.1 Å². The first-order valence-corrected chi connectivity index (χ1v) is 10.8. The van der Waals surface area contributed by atoms with Gasteiger partial charge in [0.1, 0.15) is 6.61 Å². The van der Waals surface area contributed by atoms with Gasteiger partial charge in [-0.25, -0.2) is 8.42 Å². The largest absolute Gasteiger partial charge is 0.487 e. The zero-order chi connectivity index (χ0) is 19.0. The van der Waals surface area contributed by atoms with Crippen LogP contribution < -0.4 is 19.3 Å². The Kier molecular flexibility index (Phi) is 4.92. The van der Waals surface area contributed by atoms with Crippen LogP contribution in [-0.4, -0.2) is 47.7 Å². The summed E-state index contributed by atoms with van der Waals surface area (Å²) in [6, 6.07) is 10.6. The molecule has 2 aromatic carbocycles. The highest BCUT2D eigenvalue weighted by Gasteiger charge is 2.32. The Morgan fingerprint density at radius 3 is 2.56 bits per heavy atom. The van der Waals surface area contributed by atoms with Crippen molar-refractivity contribution >= 4 is 33.0 Å². The molecule has 0 spiro atoms. The van der Waals surface area contributed by atoms with Gasteiger partial charge in [0.25, 0.3) is 10.0 Å². The average Bonchev–Trinajstić information content (AvgIpc) is 2.67. The van der Waals surface area contributed by atoms with Crippen molar-refractivity contribution in [3.8, 4) is 5.75 Å². The van der Waals surface area contributed by atoms with Crippen molar-refractivity contribution in [1.29, 1.82) is 0 Å². The second-order valence-corrected chi connectivity index (χ2v) is 9.05. The van der Waals surface area contributed by atoms with E-state index in [1.165, 1.54) is 10.4 Å². The first-order chi connectivity index (χ1) is 13.0. The number of ether oxygens (including phenoxy) is 1.